The Morgan fingerprint density at radius 3 is 2.33 bits per heavy atom. The molecule has 0 bridgehead atoms. The molecule has 1 aliphatic rings. The third-order valence-corrected chi connectivity index (χ3v) is 5.23. The van der Waals surface area contributed by atoms with E-state index in [1.54, 1.807) is 25.3 Å². The summed E-state index contributed by atoms with van der Waals surface area (Å²) in [4.78, 5) is 26.1. The van der Waals surface area contributed by atoms with Gasteiger partial charge in [0, 0.05) is 11.6 Å². The average Bonchev–Trinajstić information content (AvgIpc) is 3.57. The van der Waals surface area contributed by atoms with Gasteiger partial charge in [-0.15, -0.1) is 0 Å². The fraction of sp³-hybridized carbons (Fsp3) is 0.200. The van der Waals surface area contributed by atoms with E-state index in [2.05, 4.69) is 10.6 Å². The van der Waals surface area contributed by atoms with Gasteiger partial charge in [-0.05, 0) is 54.7 Å². The molecule has 5 heteroatoms. The minimum absolute atomic E-state index is 0.106. The molecule has 3 aromatic rings. The first-order valence-electron chi connectivity index (χ1n) is 10.0. The highest BCUT2D eigenvalue weighted by atomic mass is 16.5. The van der Waals surface area contributed by atoms with Crippen molar-refractivity contribution in [1.29, 1.82) is 0 Å². The highest BCUT2D eigenvalue weighted by molar-refractivity contribution is 6.12. The van der Waals surface area contributed by atoms with Crippen LogP contribution in [0.15, 0.2) is 66.7 Å². The van der Waals surface area contributed by atoms with Crippen molar-refractivity contribution in [2.45, 2.75) is 25.8 Å². The summed E-state index contributed by atoms with van der Waals surface area (Å²) < 4.78 is 5.35. The van der Waals surface area contributed by atoms with Crippen LogP contribution >= 0.6 is 0 Å². The molecule has 0 saturated heterocycles. The largest absolute Gasteiger partial charge is 0.495 e. The number of benzene rings is 3. The molecular weight excluding hydrogens is 376 g/mol. The van der Waals surface area contributed by atoms with Crippen LogP contribution in [0.3, 0.4) is 0 Å². The third kappa shape index (κ3) is 4.06. The summed E-state index contributed by atoms with van der Waals surface area (Å²) in [5.41, 5.74) is 4.00. The fourth-order valence-electron chi connectivity index (χ4n) is 3.53. The topological polar surface area (TPSA) is 67.4 Å². The van der Waals surface area contributed by atoms with E-state index < -0.39 is 0 Å². The van der Waals surface area contributed by atoms with Gasteiger partial charge >= 0.3 is 0 Å². The lowest BCUT2D eigenvalue weighted by atomic mass is 9.92. The molecule has 2 amide bonds. The van der Waals surface area contributed by atoms with Crippen LogP contribution in [-0.2, 0) is 0 Å². The first-order valence-corrected chi connectivity index (χ1v) is 10.0. The Morgan fingerprint density at radius 1 is 0.867 bits per heavy atom. The van der Waals surface area contributed by atoms with Gasteiger partial charge in [-0.25, -0.2) is 0 Å². The van der Waals surface area contributed by atoms with E-state index in [4.69, 9.17) is 4.74 Å². The molecule has 3 aromatic carbocycles. The maximum Gasteiger partial charge on any atom is 0.256 e. The Kier molecular flexibility index (Phi) is 5.53. The molecule has 0 spiro atoms. The Labute approximate surface area is 176 Å². The minimum Gasteiger partial charge on any atom is -0.495 e. The molecule has 2 N–H and O–H groups in total. The van der Waals surface area contributed by atoms with E-state index in [1.165, 1.54) is 0 Å². The number of anilines is 1. The minimum atomic E-state index is -0.245. The van der Waals surface area contributed by atoms with Gasteiger partial charge in [0.15, 0.2) is 0 Å². The zero-order valence-corrected chi connectivity index (χ0v) is 17.1. The number of carbonyl (C=O) groups is 2. The molecule has 0 heterocycles. The van der Waals surface area contributed by atoms with Crippen molar-refractivity contribution in [3.63, 3.8) is 0 Å². The molecule has 0 atom stereocenters. The predicted octanol–water partition coefficient (Wildman–Crippen LogP) is 4.82. The van der Waals surface area contributed by atoms with Crippen molar-refractivity contribution >= 4 is 17.5 Å². The molecule has 152 valence electrons. The van der Waals surface area contributed by atoms with E-state index in [0.29, 0.717) is 22.6 Å². The van der Waals surface area contributed by atoms with Crippen molar-refractivity contribution < 1.29 is 14.3 Å². The molecular formula is C25H24N2O3. The number of ether oxygens (including phenoxy) is 1. The van der Waals surface area contributed by atoms with Gasteiger partial charge in [0.2, 0.25) is 0 Å². The van der Waals surface area contributed by atoms with Gasteiger partial charge < -0.3 is 15.4 Å². The molecule has 0 unspecified atom stereocenters. The monoisotopic (exact) mass is 400 g/mol. The summed E-state index contributed by atoms with van der Waals surface area (Å²) in [6, 6.07) is 20.6. The number of nitrogens with one attached hydrogen (secondary N) is 2. The second-order valence-electron chi connectivity index (χ2n) is 7.45. The van der Waals surface area contributed by atoms with Crippen LogP contribution in [0.5, 0.6) is 5.75 Å². The molecule has 5 nitrogen and oxygen atoms in total. The summed E-state index contributed by atoms with van der Waals surface area (Å²) in [5, 5.41) is 6.00. The van der Waals surface area contributed by atoms with Gasteiger partial charge in [0.25, 0.3) is 11.8 Å². The van der Waals surface area contributed by atoms with Crippen LogP contribution in [0.2, 0.25) is 0 Å². The van der Waals surface area contributed by atoms with Crippen LogP contribution in [0, 0.1) is 6.92 Å². The first kappa shape index (κ1) is 19.7. The van der Waals surface area contributed by atoms with E-state index in [-0.39, 0.29) is 17.9 Å². The normalized spacial score (nSPS) is 12.9. The number of hydrogen-bond acceptors (Lipinski definition) is 3. The van der Waals surface area contributed by atoms with Gasteiger partial charge in [0.1, 0.15) is 5.75 Å². The lowest BCUT2D eigenvalue weighted by Crippen LogP contribution is -2.26. The van der Waals surface area contributed by atoms with Crippen molar-refractivity contribution in [2.24, 2.45) is 0 Å². The highest BCUT2D eigenvalue weighted by Gasteiger charge is 2.26. The molecule has 1 fully saturated rings. The number of aryl methyl sites for hydroxylation is 1. The summed E-state index contributed by atoms with van der Waals surface area (Å²) in [7, 11) is 1.57. The Hall–Kier alpha value is -3.60. The van der Waals surface area contributed by atoms with Crippen molar-refractivity contribution in [1.82, 2.24) is 5.32 Å². The number of rotatable bonds is 6. The number of hydrogen-bond donors (Lipinski definition) is 2. The van der Waals surface area contributed by atoms with Crippen LogP contribution in [0.1, 0.15) is 39.1 Å². The quantitative estimate of drug-likeness (QED) is 0.624. The molecule has 0 radical (unpaired) electrons. The SMILES string of the molecule is COc1ccccc1NC(=O)c1c(C)cccc1-c1ccccc1C(=O)NC1CC1. The Morgan fingerprint density at radius 2 is 1.57 bits per heavy atom. The third-order valence-electron chi connectivity index (χ3n) is 5.23. The number of para-hydroxylation sites is 2. The second-order valence-corrected chi connectivity index (χ2v) is 7.45. The van der Waals surface area contributed by atoms with Crippen molar-refractivity contribution in [3.8, 4) is 16.9 Å². The van der Waals surface area contributed by atoms with E-state index in [0.717, 1.165) is 29.5 Å². The number of methoxy groups -OCH3 is 1. The smallest absolute Gasteiger partial charge is 0.256 e. The van der Waals surface area contributed by atoms with Gasteiger partial charge in [0.05, 0.1) is 18.4 Å². The standard InChI is InChI=1S/C25H24N2O3/c1-16-8-7-11-19(18-9-3-4-10-20(18)24(28)26-17-14-15-17)23(16)25(29)27-21-12-5-6-13-22(21)30-2/h3-13,17H,14-15H2,1-2H3,(H,26,28)(H,27,29). The highest BCUT2D eigenvalue weighted by Crippen LogP contribution is 2.32. The number of carbonyl (C=O) groups excluding carboxylic acids is 2. The molecule has 30 heavy (non-hydrogen) atoms. The van der Waals surface area contributed by atoms with Gasteiger partial charge in [-0.1, -0.05) is 48.5 Å². The van der Waals surface area contributed by atoms with Gasteiger partial charge in [-0.2, -0.15) is 0 Å². The lowest BCUT2D eigenvalue weighted by Gasteiger charge is -2.17. The molecule has 4 rings (SSSR count). The maximum atomic E-state index is 13.3. The van der Waals surface area contributed by atoms with Crippen LogP contribution in [-0.4, -0.2) is 25.0 Å². The summed E-state index contributed by atoms with van der Waals surface area (Å²) in [6.07, 6.45) is 2.04. The fourth-order valence-corrected chi connectivity index (χ4v) is 3.53. The van der Waals surface area contributed by atoms with E-state index in [1.807, 2.05) is 55.5 Å². The second kappa shape index (κ2) is 8.41. The van der Waals surface area contributed by atoms with Crippen molar-refractivity contribution in [3.05, 3.63) is 83.4 Å². The van der Waals surface area contributed by atoms with Crippen LogP contribution in [0.4, 0.5) is 5.69 Å². The molecule has 0 aromatic heterocycles. The average molecular weight is 400 g/mol. The van der Waals surface area contributed by atoms with Gasteiger partial charge in [-0.3, -0.25) is 9.59 Å². The Bertz CT molecular complexity index is 1100. The summed E-state index contributed by atoms with van der Waals surface area (Å²) in [5.74, 6) is 0.237. The first-order chi connectivity index (χ1) is 14.6. The van der Waals surface area contributed by atoms with E-state index in [9.17, 15) is 9.59 Å². The predicted molar refractivity (Wildman–Crippen MR) is 118 cm³/mol. The van der Waals surface area contributed by atoms with Crippen molar-refractivity contribution in [2.75, 3.05) is 12.4 Å². The molecule has 1 aliphatic carbocycles. The lowest BCUT2D eigenvalue weighted by molar-refractivity contribution is 0.0950. The summed E-state index contributed by atoms with van der Waals surface area (Å²) >= 11 is 0. The zero-order valence-electron chi connectivity index (χ0n) is 17.1. The van der Waals surface area contributed by atoms with E-state index >= 15 is 0 Å². The van der Waals surface area contributed by atoms with Crippen LogP contribution in [0.25, 0.3) is 11.1 Å². The molecule has 0 aliphatic heterocycles. The summed E-state index contributed by atoms with van der Waals surface area (Å²) in [6.45, 7) is 1.90. The zero-order chi connectivity index (χ0) is 21.1. The van der Waals surface area contributed by atoms with Crippen LogP contribution < -0.4 is 15.4 Å². The number of amides is 2. The Balaban J connectivity index is 1.74. The molecule has 1 saturated carbocycles. The maximum absolute atomic E-state index is 13.3.